The summed E-state index contributed by atoms with van der Waals surface area (Å²) >= 11 is 0. The lowest BCUT2D eigenvalue weighted by Gasteiger charge is -2.59. The average molecular weight is 868 g/mol. The van der Waals surface area contributed by atoms with Crippen LogP contribution in [-0.4, -0.2) is 164 Å². The summed E-state index contributed by atoms with van der Waals surface area (Å²) in [5.41, 5.74) is 1.52. The smallest absolute Gasteiger partial charge is 0.187 e. The zero-order valence-electron chi connectivity index (χ0n) is 36.6. The molecule has 0 amide bonds. The zero-order chi connectivity index (χ0) is 43.5. The fourth-order valence-corrected chi connectivity index (χ4v) is 14.2. The lowest BCUT2D eigenvalue weighted by atomic mass is 9.47. The van der Waals surface area contributed by atoms with Gasteiger partial charge in [-0.15, -0.1) is 0 Å². The van der Waals surface area contributed by atoms with Crippen molar-refractivity contribution < 1.29 is 74.0 Å². The van der Waals surface area contributed by atoms with E-state index in [0.29, 0.717) is 48.0 Å². The highest BCUT2D eigenvalue weighted by atomic mass is 16.8. The zero-order valence-corrected chi connectivity index (χ0v) is 36.6. The number of hydrogen-bond acceptors (Lipinski definition) is 16. The van der Waals surface area contributed by atoms with Crippen LogP contribution in [0.4, 0.5) is 0 Å². The standard InChI is InChI=1S/C45H73NO15/c1-19-9-14-45(46-17-19)20(2)30-28(61-45)16-27-25-8-7-23-15-24(10-12-43(23,5)26(25)11-13-44(27,30)6)57-41-37(54)35(52)38(29(18-47)58-41)59-42-39(34(51)32(49)22(4)56-42)60-40-36(53)33(50)31(48)21(3)55-40/h7,19-22,24-42,46-54H,8-18H2,1-6H3/t19-,20+,21+,22+,24+,25-,26+,27+,28+,29-,30+,31+,32+,33-,34-,35-,36-,37-,38-,39-,40+,41-,42+,43+,44+,45-/m1/s1. The lowest BCUT2D eigenvalue weighted by Crippen LogP contribution is -2.66. The van der Waals surface area contributed by atoms with Crippen LogP contribution in [0.2, 0.25) is 0 Å². The van der Waals surface area contributed by atoms with E-state index in [1.807, 2.05) is 0 Å². The second-order valence-corrected chi connectivity index (χ2v) is 21.2. The largest absolute Gasteiger partial charge is 0.394 e. The predicted molar refractivity (Wildman–Crippen MR) is 215 cm³/mol. The number of allylic oxidation sites excluding steroid dienone is 1. The van der Waals surface area contributed by atoms with Gasteiger partial charge in [0.25, 0.3) is 0 Å². The summed E-state index contributed by atoms with van der Waals surface area (Å²) in [6, 6.07) is 0. The number of aliphatic hydroxyl groups is 8. The van der Waals surface area contributed by atoms with Crippen molar-refractivity contribution in [3.63, 3.8) is 0 Å². The molecule has 3 saturated carbocycles. The van der Waals surface area contributed by atoms with Crippen LogP contribution in [0.25, 0.3) is 0 Å². The fourth-order valence-electron chi connectivity index (χ4n) is 14.2. The Kier molecular flexibility index (Phi) is 12.4. The number of fused-ring (bicyclic) bond motifs is 7. The number of rotatable bonds is 7. The van der Waals surface area contributed by atoms with Crippen LogP contribution in [0.3, 0.4) is 0 Å². The molecule has 1 spiro atoms. The van der Waals surface area contributed by atoms with Crippen molar-refractivity contribution in [3.05, 3.63) is 11.6 Å². The average Bonchev–Trinajstić information content (AvgIpc) is 3.69. The Bertz CT molecular complexity index is 1600. The van der Waals surface area contributed by atoms with Gasteiger partial charge in [0.05, 0.1) is 31.0 Å². The molecule has 4 aliphatic carbocycles. The van der Waals surface area contributed by atoms with Gasteiger partial charge >= 0.3 is 0 Å². The molecule has 9 N–H and O–H groups in total. The molecule has 0 aromatic heterocycles. The number of hydrogen-bond donors (Lipinski definition) is 9. The molecule has 348 valence electrons. The molecule has 5 heterocycles. The molecular formula is C45H73NO15. The monoisotopic (exact) mass is 867 g/mol. The van der Waals surface area contributed by atoms with Crippen molar-refractivity contribution in [3.8, 4) is 0 Å². The maximum absolute atomic E-state index is 11.5. The van der Waals surface area contributed by atoms with Crippen LogP contribution in [0.5, 0.6) is 0 Å². The molecule has 9 aliphatic rings. The van der Waals surface area contributed by atoms with Crippen LogP contribution in [0.15, 0.2) is 11.6 Å². The Morgan fingerprint density at radius 2 is 1.36 bits per heavy atom. The molecule has 5 aliphatic heterocycles. The number of aliphatic hydroxyl groups excluding tert-OH is 8. The van der Waals surface area contributed by atoms with Gasteiger partial charge in [0.2, 0.25) is 0 Å². The maximum Gasteiger partial charge on any atom is 0.187 e. The van der Waals surface area contributed by atoms with Crippen molar-refractivity contribution in [1.29, 1.82) is 0 Å². The second kappa shape index (κ2) is 16.8. The van der Waals surface area contributed by atoms with Crippen molar-refractivity contribution in [2.75, 3.05) is 13.2 Å². The third-order valence-corrected chi connectivity index (χ3v) is 17.9. The molecule has 0 radical (unpaired) electrons. The molecular weight excluding hydrogens is 794 g/mol. The third kappa shape index (κ3) is 7.42. The van der Waals surface area contributed by atoms with E-state index in [-0.39, 0.29) is 22.7 Å². The fraction of sp³-hybridized carbons (Fsp3) is 0.956. The van der Waals surface area contributed by atoms with Crippen LogP contribution in [0.1, 0.15) is 99.3 Å². The number of ether oxygens (including phenoxy) is 7. The SMILES string of the molecule is C[C@@H]1CC[C@@]2(NC1)O[C@H]1C[C@H]3[C@@H]4CC=C5C[C@@H](O[C@@H]6O[C@H](CO)[C@@H](O[C@@H]7O[C@@H](C)[C@H](O)[C@@H](O)[C@H]7O[C@@H]7O[C@@H](C)[C@H](O)[C@@H](O)[C@H]7O)[C@H](O)[C@H]6O)CC[C@]5(C)[C@H]4CC[C@]3(C)[C@H]1[C@@H]2C. The first-order chi connectivity index (χ1) is 28.9. The number of piperidine rings is 1. The molecule has 0 bridgehead atoms. The first-order valence-electron chi connectivity index (χ1n) is 23.3. The number of nitrogens with one attached hydrogen (secondary N) is 1. The van der Waals surface area contributed by atoms with E-state index in [1.165, 1.54) is 38.7 Å². The van der Waals surface area contributed by atoms with Gasteiger partial charge in [-0.2, -0.15) is 0 Å². The maximum atomic E-state index is 11.5. The summed E-state index contributed by atoms with van der Waals surface area (Å²) in [4.78, 5) is 0. The van der Waals surface area contributed by atoms with Gasteiger partial charge in [0.1, 0.15) is 66.8 Å². The van der Waals surface area contributed by atoms with Gasteiger partial charge in [0, 0.05) is 12.5 Å². The van der Waals surface area contributed by atoms with Crippen LogP contribution < -0.4 is 5.32 Å². The molecule has 16 heteroatoms. The second-order valence-electron chi connectivity index (χ2n) is 21.2. The molecule has 5 saturated heterocycles. The van der Waals surface area contributed by atoms with Gasteiger partial charge in [-0.1, -0.05) is 39.3 Å². The van der Waals surface area contributed by atoms with E-state index in [4.69, 9.17) is 33.2 Å². The summed E-state index contributed by atoms with van der Waals surface area (Å²) in [5.74, 6) is 3.55. The van der Waals surface area contributed by atoms with Gasteiger partial charge in [-0.25, -0.2) is 0 Å². The highest BCUT2D eigenvalue weighted by molar-refractivity contribution is 5.26. The van der Waals surface area contributed by atoms with E-state index in [1.54, 1.807) is 0 Å². The molecule has 61 heavy (non-hydrogen) atoms. The molecule has 0 unspecified atom stereocenters. The normalized spacial score (nSPS) is 58.4. The quantitative estimate of drug-likeness (QED) is 0.161. The molecule has 8 fully saturated rings. The van der Waals surface area contributed by atoms with Crippen molar-refractivity contribution in [2.45, 2.75) is 209 Å². The Balaban J connectivity index is 0.843. The summed E-state index contributed by atoms with van der Waals surface area (Å²) in [5, 5.41) is 90.1. The highest BCUT2D eigenvalue weighted by Crippen LogP contribution is 2.70. The first kappa shape index (κ1) is 45.3. The van der Waals surface area contributed by atoms with Gasteiger partial charge in [0.15, 0.2) is 18.9 Å². The first-order valence-corrected chi connectivity index (χ1v) is 23.3. The van der Waals surface area contributed by atoms with Gasteiger partial charge in [-0.05, 0) is 112 Å². The molecule has 16 nitrogen and oxygen atoms in total. The van der Waals surface area contributed by atoms with Crippen LogP contribution in [-0.2, 0) is 33.2 Å². The molecule has 26 atom stereocenters. The van der Waals surface area contributed by atoms with E-state index in [2.05, 4.69) is 39.1 Å². The summed E-state index contributed by atoms with van der Waals surface area (Å²) in [6.07, 6.45) is -9.80. The van der Waals surface area contributed by atoms with Crippen molar-refractivity contribution in [1.82, 2.24) is 5.32 Å². The van der Waals surface area contributed by atoms with Crippen LogP contribution >= 0.6 is 0 Å². The van der Waals surface area contributed by atoms with E-state index in [9.17, 15) is 40.9 Å². The summed E-state index contributed by atoms with van der Waals surface area (Å²) in [6.45, 7) is 13.2. The topological polar surface area (TPSA) is 238 Å². The Hall–Kier alpha value is -0.900. The minimum atomic E-state index is -1.73. The Morgan fingerprint density at radius 3 is 2.07 bits per heavy atom. The molecule has 0 aromatic carbocycles. The minimum Gasteiger partial charge on any atom is -0.394 e. The van der Waals surface area contributed by atoms with Crippen molar-refractivity contribution in [2.24, 2.45) is 46.3 Å². The van der Waals surface area contributed by atoms with E-state index >= 15 is 0 Å². The third-order valence-electron chi connectivity index (χ3n) is 17.9. The predicted octanol–water partition coefficient (Wildman–Crippen LogP) is 0.815. The Labute approximate surface area is 359 Å². The van der Waals surface area contributed by atoms with E-state index in [0.717, 1.165) is 38.6 Å². The Morgan fingerprint density at radius 1 is 0.705 bits per heavy atom. The van der Waals surface area contributed by atoms with E-state index < -0.39 is 98.7 Å². The van der Waals surface area contributed by atoms with Gasteiger partial charge in [-0.3, -0.25) is 5.32 Å². The molecule has 0 aromatic rings. The molecule has 9 rings (SSSR count). The van der Waals surface area contributed by atoms with Gasteiger partial charge < -0.3 is 74.0 Å². The lowest BCUT2D eigenvalue weighted by molar-refractivity contribution is -0.386. The summed E-state index contributed by atoms with van der Waals surface area (Å²) < 4.78 is 43.0. The highest BCUT2D eigenvalue weighted by Gasteiger charge is 2.68. The van der Waals surface area contributed by atoms with Crippen molar-refractivity contribution >= 4 is 0 Å². The summed E-state index contributed by atoms with van der Waals surface area (Å²) in [7, 11) is 0. The van der Waals surface area contributed by atoms with Crippen LogP contribution in [0, 0.1) is 46.3 Å². The minimum absolute atomic E-state index is 0.0389.